The number of aliphatic imine (C=N–C) groups is 1. The minimum absolute atomic E-state index is 0.0907. The molecule has 0 saturated heterocycles. The zero-order valence-corrected chi connectivity index (χ0v) is 20.4. The van der Waals surface area contributed by atoms with E-state index in [2.05, 4.69) is 10.3 Å². The molecule has 0 spiro atoms. The lowest BCUT2D eigenvalue weighted by Gasteiger charge is -2.23. The van der Waals surface area contributed by atoms with E-state index in [0.717, 1.165) is 46.3 Å². The summed E-state index contributed by atoms with van der Waals surface area (Å²) in [4.78, 5) is 29.4. The molecule has 0 unspecified atom stereocenters. The quantitative estimate of drug-likeness (QED) is 0.474. The summed E-state index contributed by atoms with van der Waals surface area (Å²) in [7, 11) is 0. The van der Waals surface area contributed by atoms with Crippen LogP contribution < -0.4 is 5.32 Å². The van der Waals surface area contributed by atoms with Crippen molar-refractivity contribution in [1.82, 2.24) is 5.01 Å². The number of benzene rings is 3. The molecule has 6 nitrogen and oxygen atoms in total. The number of anilines is 1. The van der Waals surface area contributed by atoms with Crippen LogP contribution in [0.15, 0.2) is 76.8 Å². The average Bonchev–Trinajstić information content (AvgIpc) is 3.46. The molecule has 2 amide bonds. The Morgan fingerprint density at radius 3 is 2.46 bits per heavy atom. The fraction of sp³-hybridized carbons (Fsp3) is 0.185. The number of hydrogen-bond acceptors (Lipinski definition) is 5. The maximum Gasteiger partial charge on any atom is 0.262 e. The molecule has 2 heterocycles. The van der Waals surface area contributed by atoms with E-state index in [1.54, 1.807) is 17.1 Å². The first-order chi connectivity index (χ1) is 17.8. The summed E-state index contributed by atoms with van der Waals surface area (Å²) >= 11 is 1.13. The number of thioether (sulfide) groups is 1. The van der Waals surface area contributed by atoms with Crippen molar-refractivity contribution in [3.8, 4) is 0 Å². The topological polar surface area (TPSA) is 74.1 Å². The van der Waals surface area contributed by atoms with Crippen molar-refractivity contribution in [2.24, 2.45) is 10.1 Å². The van der Waals surface area contributed by atoms with E-state index < -0.39 is 28.7 Å². The van der Waals surface area contributed by atoms with Crippen molar-refractivity contribution >= 4 is 40.1 Å². The highest BCUT2D eigenvalue weighted by Crippen LogP contribution is 2.38. The van der Waals surface area contributed by atoms with Crippen molar-refractivity contribution in [2.45, 2.75) is 31.1 Å². The summed E-state index contributed by atoms with van der Waals surface area (Å²) in [6.45, 7) is 1.99. The predicted octanol–water partition coefficient (Wildman–Crippen LogP) is 5.59. The van der Waals surface area contributed by atoms with Crippen LogP contribution in [-0.4, -0.2) is 33.0 Å². The Bertz CT molecular complexity index is 1420. The summed E-state index contributed by atoms with van der Waals surface area (Å²) in [6, 6.07) is 16.8. The molecule has 5 rings (SSSR count). The summed E-state index contributed by atoms with van der Waals surface area (Å²) in [5.74, 6) is -3.46. The summed E-state index contributed by atoms with van der Waals surface area (Å²) in [5, 5.41) is 8.46. The van der Waals surface area contributed by atoms with Crippen LogP contribution in [0.25, 0.3) is 0 Å². The number of carbonyl (C=O) groups excluding carboxylic acids is 2. The fourth-order valence-corrected chi connectivity index (χ4v) is 5.17. The predicted molar refractivity (Wildman–Crippen MR) is 137 cm³/mol. The van der Waals surface area contributed by atoms with Crippen molar-refractivity contribution in [3.05, 3.63) is 101 Å². The van der Waals surface area contributed by atoms with Gasteiger partial charge in [0.25, 0.3) is 5.91 Å². The number of nitrogens with one attached hydrogen (secondary N) is 1. The van der Waals surface area contributed by atoms with Gasteiger partial charge in [0.1, 0.15) is 11.1 Å². The van der Waals surface area contributed by atoms with Crippen LogP contribution in [0.3, 0.4) is 0 Å². The van der Waals surface area contributed by atoms with E-state index in [-0.39, 0.29) is 24.0 Å². The van der Waals surface area contributed by atoms with Gasteiger partial charge in [0, 0.05) is 24.6 Å². The Kier molecular flexibility index (Phi) is 6.84. The molecular weight excluding hydrogens is 501 g/mol. The number of carbonyl (C=O) groups is 2. The Labute approximate surface area is 215 Å². The first-order valence-corrected chi connectivity index (χ1v) is 12.4. The molecule has 3 aromatic rings. The van der Waals surface area contributed by atoms with Gasteiger partial charge in [-0.3, -0.25) is 9.59 Å². The van der Waals surface area contributed by atoms with E-state index >= 15 is 0 Å². The lowest BCUT2D eigenvalue weighted by Crippen LogP contribution is -2.25. The number of amides is 2. The molecule has 37 heavy (non-hydrogen) atoms. The summed E-state index contributed by atoms with van der Waals surface area (Å²) in [6.07, 6.45) is 0.316. The molecule has 2 atom stereocenters. The Morgan fingerprint density at radius 2 is 1.76 bits per heavy atom. The molecule has 188 valence electrons. The van der Waals surface area contributed by atoms with Crippen LogP contribution in [-0.2, 0) is 9.59 Å². The van der Waals surface area contributed by atoms with E-state index in [1.807, 2.05) is 31.2 Å². The molecule has 1 N–H and O–H groups in total. The molecule has 0 bridgehead atoms. The molecule has 0 fully saturated rings. The third-order valence-electron chi connectivity index (χ3n) is 6.05. The number of hydrogen-bond donors (Lipinski definition) is 1. The minimum Gasteiger partial charge on any atom is -0.326 e. The van der Waals surface area contributed by atoms with Gasteiger partial charge in [-0.15, -0.1) is 0 Å². The van der Waals surface area contributed by atoms with Gasteiger partial charge in [0.15, 0.2) is 16.8 Å². The van der Waals surface area contributed by atoms with Gasteiger partial charge in [-0.25, -0.2) is 18.2 Å². The molecule has 0 aromatic heterocycles. The number of halogens is 3. The normalized spacial score (nSPS) is 19.1. The van der Waals surface area contributed by atoms with Crippen LogP contribution in [0.5, 0.6) is 0 Å². The van der Waals surface area contributed by atoms with E-state index in [1.165, 1.54) is 18.2 Å². The second kappa shape index (κ2) is 10.2. The molecule has 0 aliphatic carbocycles. The van der Waals surface area contributed by atoms with E-state index in [4.69, 9.17) is 5.10 Å². The minimum atomic E-state index is -1.08. The molecule has 3 aromatic carbocycles. The van der Waals surface area contributed by atoms with Crippen LogP contribution >= 0.6 is 11.8 Å². The fourth-order valence-electron chi connectivity index (χ4n) is 4.11. The standard InChI is InChI=1S/C27H21F3N4O2S/c1-15-2-4-17(5-3-15)23-13-22(16-6-8-18(28)9-7-16)33-34(23)27-32-26(36)24(37-27)14-25(35)31-19-10-11-20(29)21(30)12-19/h2-12,23-24H,13-14H2,1H3,(H,31,35)/t23-,24-/m1/s1. The Balaban J connectivity index is 1.34. The highest BCUT2D eigenvalue weighted by molar-refractivity contribution is 8.15. The van der Waals surface area contributed by atoms with Gasteiger partial charge in [-0.05, 0) is 42.3 Å². The van der Waals surface area contributed by atoms with Gasteiger partial charge in [-0.2, -0.15) is 10.1 Å². The van der Waals surface area contributed by atoms with Crippen molar-refractivity contribution in [3.63, 3.8) is 0 Å². The van der Waals surface area contributed by atoms with Gasteiger partial charge in [0.2, 0.25) is 5.91 Å². The van der Waals surface area contributed by atoms with Gasteiger partial charge in [-0.1, -0.05) is 53.7 Å². The van der Waals surface area contributed by atoms with Crippen LogP contribution in [0.4, 0.5) is 18.9 Å². The van der Waals surface area contributed by atoms with Gasteiger partial charge in [0.05, 0.1) is 11.8 Å². The monoisotopic (exact) mass is 522 g/mol. The zero-order chi connectivity index (χ0) is 26.1. The van der Waals surface area contributed by atoms with Crippen LogP contribution in [0.2, 0.25) is 0 Å². The number of amidine groups is 1. The van der Waals surface area contributed by atoms with E-state index in [9.17, 15) is 22.8 Å². The SMILES string of the molecule is Cc1ccc([C@H]2CC(c3ccc(F)cc3)=NN2C2=NC(=O)[C@@H](CC(=O)Nc3ccc(F)c(F)c3)S2)cc1. The number of nitrogens with zero attached hydrogens (tertiary/aromatic N) is 3. The number of hydrazone groups is 1. The zero-order valence-electron chi connectivity index (χ0n) is 19.6. The smallest absolute Gasteiger partial charge is 0.262 e. The molecule has 0 radical (unpaired) electrons. The van der Waals surface area contributed by atoms with Crippen molar-refractivity contribution < 1.29 is 22.8 Å². The number of rotatable bonds is 5. The lowest BCUT2D eigenvalue weighted by atomic mass is 9.98. The maximum atomic E-state index is 13.5. The number of aryl methyl sites for hydroxylation is 1. The van der Waals surface area contributed by atoms with Gasteiger partial charge < -0.3 is 5.32 Å². The first kappa shape index (κ1) is 24.8. The molecule has 0 saturated carbocycles. The van der Waals surface area contributed by atoms with Crippen molar-refractivity contribution in [2.75, 3.05) is 5.32 Å². The highest BCUT2D eigenvalue weighted by atomic mass is 32.2. The van der Waals surface area contributed by atoms with E-state index in [0.29, 0.717) is 11.6 Å². The highest BCUT2D eigenvalue weighted by Gasteiger charge is 2.39. The maximum absolute atomic E-state index is 13.5. The molecule has 2 aliphatic rings. The lowest BCUT2D eigenvalue weighted by molar-refractivity contribution is -0.121. The second-order valence-electron chi connectivity index (χ2n) is 8.75. The largest absolute Gasteiger partial charge is 0.326 e. The molecule has 10 heteroatoms. The first-order valence-electron chi connectivity index (χ1n) is 11.5. The van der Waals surface area contributed by atoms with Crippen LogP contribution in [0.1, 0.15) is 35.6 Å². The second-order valence-corrected chi connectivity index (χ2v) is 9.92. The third-order valence-corrected chi connectivity index (χ3v) is 7.19. The Morgan fingerprint density at radius 1 is 1.03 bits per heavy atom. The molecular formula is C27H21F3N4O2S. The van der Waals surface area contributed by atoms with Crippen LogP contribution in [0, 0.1) is 24.4 Å². The summed E-state index contributed by atoms with van der Waals surface area (Å²) in [5.41, 5.74) is 3.65. The molecule has 2 aliphatic heterocycles. The van der Waals surface area contributed by atoms with Crippen molar-refractivity contribution in [1.29, 1.82) is 0 Å². The Hall–Kier alpha value is -3.92. The third kappa shape index (κ3) is 5.43. The van der Waals surface area contributed by atoms with Gasteiger partial charge >= 0.3 is 0 Å². The summed E-state index contributed by atoms with van der Waals surface area (Å²) < 4.78 is 40.1. The average molecular weight is 523 g/mol.